The molecule has 2 aromatic heterocycles. The van der Waals surface area contributed by atoms with Crippen LogP contribution in [0.1, 0.15) is 0 Å². The van der Waals surface area contributed by atoms with E-state index in [2.05, 4.69) is 15.2 Å². The molecule has 0 aliphatic rings. The van der Waals surface area contributed by atoms with Crippen molar-refractivity contribution in [2.24, 2.45) is 0 Å². The highest BCUT2D eigenvalue weighted by molar-refractivity contribution is 6.01. The van der Waals surface area contributed by atoms with Crippen molar-refractivity contribution in [1.82, 2.24) is 19.6 Å². The molecule has 2 N–H and O–H groups in total. The van der Waals surface area contributed by atoms with Gasteiger partial charge in [-0.1, -0.05) is 24.3 Å². The first kappa shape index (κ1) is 10.1. The van der Waals surface area contributed by atoms with Gasteiger partial charge in [-0.2, -0.15) is 9.50 Å². The quantitative estimate of drug-likeness (QED) is 0.458. The summed E-state index contributed by atoms with van der Waals surface area (Å²) in [5, 5.41) is 9.00. The summed E-state index contributed by atoms with van der Waals surface area (Å²) in [5.74, 6) is 0. The Morgan fingerprint density at radius 2 is 1.74 bits per heavy atom. The van der Waals surface area contributed by atoms with Gasteiger partial charge >= 0.3 is 11.4 Å². The van der Waals surface area contributed by atoms with E-state index in [-0.39, 0.29) is 0 Å². The average Bonchev–Trinajstić information content (AvgIpc) is 2.80. The highest BCUT2D eigenvalue weighted by atomic mass is 16.2. The van der Waals surface area contributed by atoms with Crippen LogP contribution in [0.15, 0.2) is 46.0 Å². The molecule has 92 valence electrons. The maximum Gasteiger partial charge on any atom is 0.351 e. The van der Waals surface area contributed by atoms with E-state index in [4.69, 9.17) is 0 Å². The minimum absolute atomic E-state index is 0.342. The van der Waals surface area contributed by atoms with Crippen LogP contribution in [0.25, 0.3) is 27.3 Å². The second-order valence-electron chi connectivity index (χ2n) is 4.36. The Hall–Kier alpha value is -2.89. The van der Waals surface area contributed by atoms with E-state index in [1.165, 1.54) is 0 Å². The largest absolute Gasteiger partial charge is 0.351 e. The van der Waals surface area contributed by atoms with E-state index >= 15 is 0 Å². The molecule has 6 nitrogen and oxygen atoms in total. The molecular weight excluding hydrogens is 244 g/mol. The summed E-state index contributed by atoms with van der Waals surface area (Å²) in [5.41, 5.74) is -0.0208. The molecule has 0 aliphatic heterocycles. The number of hydrogen-bond acceptors (Lipinski definition) is 3. The zero-order valence-electron chi connectivity index (χ0n) is 9.68. The molecule has 0 saturated carbocycles. The Labute approximate surface area is 105 Å². The summed E-state index contributed by atoms with van der Waals surface area (Å²) >= 11 is 0. The van der Waals surface area contributed by atoms with Crippen molar-refractivity contribution in [3.63, 3.8) is 0 Å². The van der Waals surface area contributed by atoms with E-state index in [0.717, 1.165) is 20.6 Å². The molecule has 2 aromatic carbocycles. The van der Waals surface area contributed by atoms with E-state index in [0.29, 0.717) is 11.2 Å². The van der Waals surface area contributed by atoms with Gasteiger partial charge in [-0.3, -0.25) is 0 Å². The summed E-state index contributed by atoms with van der Waals surface area (Å²) in [6, 6.07) is 11.6. The number of aromatic amines is 2. The second kappa shape index (κ2) is 3.32. The molecule has 6 heteroatoms. The number of hydrogen-bond donors (Lipinski definition) is 2. The number of rotatable bonds is 0. The van der Waals surface area contributed by atoms with Gasteiger partial charge in [0.1, 0.15) is 0 Å². The first-order valence-electron chi connectivity index (χ1n) is 5.76. The SMILES string of the molecule is O=c1[nH]nc2c3cc4ccccc4cc3[nH]c(=O)n12. The monoisotopic (exact) mass is 252 g/mol. The van der Waals surface area contributed by atoms with E-state index in [1.807, 2.05) is 36.4 Å². The molecule has 0 saturated heterocycles. The van der Waals surface area contributed by atoms with Crippen LogP contribution in [-0.2, 0) is 0 Å². The lowest BCUT2D eigenvalue weighted by molar-refractivity contribution is 0.958. The van der Waals surface area contributed by atoms with Crippen molar-refractivity contribution < 1.29 is 0 Å². The van der Waals surface area contributed by atoms with Crippen molar-refractivity contribution in [2.75, 3.05) is 0 Å². The maximum absolute atomic E-state index is 11.9. The molecule has 0 spiro atoms. The summed E-state index contributed by atoms with van der Waals surface area (Å²) < 4.78 is 0.997. The van der Waals surface area contributed by atoms with Crippen molar-refractivity contribution in [3.8, 4) is 0 Å². The number of aromatic nitrogens is 4. The molecule has 0 unspecified atom stereocenters. The predicted octanol–water partition coefficient (Wildman–Crippen LogP) is 1.02. The van der Waals surface area contributed by atoms with Crippen molar-refractivity contribution >= 4 is 27.3 Å². The third kappa shape index (κ3) is 1.28. The molecule has 0 fully saturated rings. The first-order valence-corrected chi connectivity index (χ1v) is 5.76. The fourth-order valence-electron chi connectivity index (χ4n) is 2.37. The van der Waals surface area contributed by atoms with Gasteiger partial charge in [0, 0.05) is 5.39 Å². The molecule has 19 heavy (non-hydrogen) atoms. The highest BCUT2D eigenvalue weighted by Crippen LogP contribution is 2.22. The third-order valence-electron chi connectivity index (χ3n) is 3.24. The van der Waals surface area contributed by atoms with Gasteiger partial charge in [-0.05, 0) is 22.9 Å². The molecule has 0 radical (unpaired) electrons. The van der Waals surface area contributed by atoms with E-state index < -0.39 is 11.4 Å². The van der Waals surface area contributed by atoms with Crippen LogP contribution < -0.4 is 11.4 Å². The third-order valence-corrected chi connectivity index (χ3v) is 3.24. The number of benzene rings is 2. The zero-order chi connectivity index (χ0) is 13.0. The van der Waals surface area contributed by atoms with Crippen LogP contribution in [0, 0.1) is 0 Å². The fraction of sp³-hybridized carbons (Fsp3) is 0. The Bertz CT molecular complexity index is 1050. The van der Waals surface area contributed by atoms with Gasteiger partial charge in [-0.15, -0.1) is 0 Å². The second-order valence-corrected chi connectivity index (χ2v) is 4.36. The summed E-state index contributed by atoms with van der Waals surface area (Å²) in [6.07, 6.45) is 0. The zero-order valence-corrected chi connectivity index (χ0v) is 9.68. The number of H-pyrrole nitrogens is 2. The molecule has 0 aliphatic carbocycles. The fourth-order valence-corrected chi connectivity index (χ4v) is 2.37. The predicted molar refractivity (Wildman–Crippen MR) is 71.4 cm³/mol. The maximum atomic E-state index is 11.9. The number of nitrogens with zero attached hydrogens (tertiary/aromatic N) is 2. The van der Waals surface area contributed by atoms with Crippen LogP contribution in [0.5, 0.6) is 0 Å². The smallest absolute Gasteiger partial charge is 0.306 e. The minimum atomic E-state index is -0.536. The number of nitrogens with one attached hydrogen (secondary N) is 2. The van der Waals surface area contributed by atoms with Gasteiger partial charge in [0.05, 0.1) is 5.52 Å². The summed E-state index contributed by atoms with van der Waals surface area (Å²) in [4.78, 5) is 26.1. The van der Waals surface area contributed by atoms with Crippen LogP contribution in [-0.4, -0.2) is 19.6 Å². The lowest BCUT2D eigenvalue weighted by atomic mass is 10.1. The average molecular weight is 252 g/mol. The van der Waals surface area contributed by atoms with Gasteiger partial charge < -0.3 is 4.98 Å². The Morgan fingerprint density at radius 3 is 2.53 bits per heavy atom. The van der Waals surface area contributed by atoms with Crippen molar-refractivity contribution in [2.45, 2.75) is 0 Å². The van der Waals surface area contributed by atoms with Crippen molar-refractivity contribution in [1.29, 1.82) is 0 Å². The van der Waals surface area contributed by atoms with Crippen LogP contribution in [0.2, 0.25) is 0 Å². The van der Waals surface area contributed by atoms with E-state index in [9.17, 15) is 9.59 Å². The van der Waals surface area contributed by atoms with Gasteiger partial charge in [-0.25, -0.2) is 14.7 Å². The standard InChI is InChI=1S/C13H8N4O2/c18-12-14-10-6-8-4-2-1-3-7(8)5-9(10)11-15-16-13(19)17(11)12/h1-6H,(H,14,18)(H,16,19). The molecule has 4 aromatic rings. The normalized spacial score (nSPS) is 11.6. The molecular formula is C13H8N4O2. The Kier molecular flexibility index (Phi) is 1.76. The first-order chi connectivity index (χ1) is 9.24. The van der Waals surface area contributed by atoms with E-state index in [1.54, 1.807) is 0 Å². The topological polar surface area (TPSA) is 83.0 Å². The molecule has 0 bridgehead atoms. The number of fused-ring (bicyclic) bond motifs is 4. The summed E-state index contributed by atoms with van der Waals surface area (Å²) in [6.45, 7) is 0. The van der Waals surface area contributed by atoms with Crippen LogP contribution >= 0.6 is 0 Å². The molecule has 0 amide bonds. The lowest BCUT2D eigenvalue weighted by Gasteiger charge is -2.02. The van der Waals surface area contributed by atoms with Gasteiger partial charge in [0.15, 0.2) is 5.65 Å². The van der Waals surface area contributed by atoms with Gasteiger partial charge in [0.2, 0.25) is 0 Å². The van der Waals surface area contributed by atoms with Crippen LogP contribution in [0.3, 0.4) is 0 Å². The Balaban J connectivity index is 2.36. The van der Waals surface area contributed by atoms with Crippen LogP contribution in [0.4, 0.5) is 0 Å². The molecule has 4 rings (SSSR count). The lowest BCUT2D eigenvalue weighted by Crippen LogP contribution is -2.25. The highest BCUT2D eigenvalue weighted by Gasteiger charge is 2.09. The minimum Gasteiger partial charge on any atom is -0.306 e. The molecule has 0 atom stereocenters. The summed E-state index contributed by atoms with van der Waals surface area (Å²) in [7, 11) is 0. The van der Waals surface area contributed by atoms with Gasteiger partial charge in [0.25, 0.3) is 0 Å². The van der Waals surface area contributed by atoms with Crippen molar-refractivity contribution in [3.05, 3.63) is 57.4 Å². The molecule has 2 heterocycles. The Morgan fingerprint density at radius 1 is 1.00 bits per heavy atom.